The fourth-order valence-corrected chi connectivity index (χ4v) is 3.71. The van der Waals surface area contributed by atoms with Gasteiger partial charge in [0.15, 0.2) is 17.2 Å². The molecular weight excluding hydrogens is 390 g/mol. The van der Waals surface area contributed by atoms with Crippen LogP contribution in [0.4, 0.5) is 8.78 Å². The summed E-state index contributed by atoms with van der Waals surface area (Å²) in [7, 11) is 0. The lowest BCUT2D eigenvalue weighted by atomic mass is 9.87. The molecule has 0 amide bonds. The molecule has 1 fully saturated rings. The fraction of sp³-hybridized carbons (Fsp3) is 0.364. The van der Waals surface area contributed by atoms with Crippen LogP contribution in [0.1, 0.15) is 40.2 Å². The largest absolute Gasteiger partial charge is 0.485 e. The highest BCUT2D eigenvalue weighted by Gasteiger charge is 2.28. The van der Waals surface area contributed by atoms with Gasteiger partial charge in [0.25, 0.3) is 0 Å². The van der Waals surface area contributed by atoms with E-state index in [0.29, 0.717) is 22.8 Å². The minimum atomic E-state index is -0.672. The summed E-state index contributed by atoms with van der Waals surface area (Å²) in [6.45, 7) is 3.49. The smallest absolute Gasteiger partial charge is 0.195 e. The van der Waals surface area contributed by atoms with Gasteiger partial charge < -0.3 is 15.8 Å². The third kappa shape index (κ3) is 3.80. The van der Waals surface area contributed by atoms with Crippen molar-refractivity contribution in [3.05, 3.63) is 64.6 Å². The van der Waals surface area contributed by atoms with Crippen molar-refractivity contribution >= 4 is 11.4 Å². The molecule has 0 radical (unpaired) electrons. The molecule has 1 aliphatic rings. The number of hydrogen-bond acceptors (Lipinski definition) is 5. The summed E-state index contributed by atoms with van der Waals surface area (Å²) in [6, 6.07) is 5.66. The van der Waals surface area contributed by atoms with Crippen molar-refractivity contribution in [2.24, 2.45) is 5.73 Å². The molecule has 0 spiro atoms. The molecular formula is C22H24F2N4O2. The number of ether oxygens (including phenoxy) is 1. The van der Waals surface area contributed by atoms with Gasteiger partial charge in [-0.2, -0.15) is 0 Å². The number of ketones is 1. The van der Waals surface area contributed by atoms with Crippen LogP contribution >= 0.6 is 0 Å². The second-order valence-electron chi connectivity index (χ2n) is 7.76. The SMILES string of the molecule is Cc1cc(OCc2c(F)cccc2F)c2nc(C)c(C(=O)CNC3CCC3N)n2c1. The molecule has 2 atom stereocenters. The van der Waals surface area contributed by atoms with Gasteiger partial charge in [-0.05, 0) is 50.5 Å². The molecule has 1 saturated carbocycles. The highest BCUT2D eigenvalue weighted by molar-refractivity contribution is 5.98. The molecule has 2 aromatic heterocycles. The number of pyridine rings is 1. The molecule has 0 aliphatic heterocycles. The second-order valence-corrected chi connectivity index (χ2v) is 7.76. The van der Waals surface area contributed by atoms with Gasteiger partial charge in [-0.3, -0.25) is 9.20 Å². The Balaban J connectivity index is 1.61. The van der Waals surface area contributed by atoms with Crippen molar-refractivity contribution in [3.63, 3.8) is 0 Å². The zero-order chi connectivity index (χ0) is 21.4. The van der Waals surface area contributed by atoms with Gasteiger partial charge in [0, 0.05) is 18.3 Å². The van der Waals surface area contributed by atoms with E-state index in [2.05, 4.69) is 10.3 Å². The van der Waals surface area contributed by atoms with E-state index in [9.17, 15) is 13.6 Å². The number of benzene rings is 1. The van der Waals surface area contributed by atoms with E-state index < -0.39 is 11.6 Å². The summed E-state index contributed by atoms with van der Waals surface area (Å²) < 4.78 is 35.3. The Morgan fingerprint density at radius 3 is 2.67 bits per heavy atom. The molecule has 3 aromatic rings. The first-order chi connectivity index (χ1) is 14.3. The Hall–Kier alpha value is -2.84. The molecule has 4 rings (SSSR count). The van der Waals surface area contributed by atoms with Crippen molar-refractivity contribution in [2.45, 2.75) is 45.4 Å². The van der Waals surface area contributed by atoms with Crippen molar-refractivity contribution in [1.29, 1.82) is 0 Å². The second kappa shape index (κ2) is 8.12. The van der Waals surface area contributed by atoms with Gasteiger partial charge in [0.05, 0.1) is 17.8 Å². The minimum Gasteiger partial charge on any atom is -0.485 e. The number of fused-ring (bicyclic) bond motifs is 1. The first-order valence-electron chi connectivity index (χ1n) is 9.92. The maximum Gasteiger partial charge on any atom is 0.195 e. The Bertz CT molecular complexity index is 1090. The highest BCUT2D eigenvalue weighted by Crippen LogP contribution is 2.26. The number of rotatable bonds is 7. The third-order valence-electron chi connectivity index (χ3n) is 5.55. The van der Waals surface area contributed by atoms with Crippen LogP contribution in [0.5, 0.6) is 5.75 Å². The van der Waals surface area contributed by atoms with Crippen molar-refractivity contribution < 1.29 is 18.3 Å². The number of carbonyl (C=O) groups excluding carboxylic acids is 1. The van der Waals surface area contributed by atoms with Crippen LogP contribution < -0.4 is 15.8 Å². The number of nitrogens with zero attached hydrogens (tertiary/aromatic N) is 2. The topological polar surface area (TPSA) is 81.6 Å². The Morgan fingerprint density at radius 1 is 1.30 bits per heavy atom. The molecule has 0 saturated heterocycles. The minimum absolute atomic E-state index is 0.0853. The van der Waals surface area contributed by atoms with Gasteiger partial charge in [0.2, 0.25) is 0 Å². The molecule has 3 N–H and O–H groups in total. The van der Waals surface area contributed by atoms with Crippen LogP contribution in [0.25, 0.3) is 5.65 Å². The lowest BCUT2D eigenvalue weighted by Crippen LogP contribution is -2.54. The van der Waals surface area contributed by atoms with Gasteiger partial charge in [-0.15, -0.1) is 0 Å². The number of nitrogens with two attached hydrogens (primary N) is 1. The average Bonchev–Trinajstić information content (AvgIpc) is 3.02. The normalized spacial score (nSPS) is 18.4. The molecule has 6 nitrogen and oxygen atoms in total. The molecule has 2 heterocycles. The summed E-state index contributed by atoms with van der Waals surface area (Å²) in [6.07, 6.45) is 3.72. The third-order valence-corrected chi connectivity index (χ3v) is 5.55. The van der Waals surface area contributed by atoms with Crippen LogP contribution in [0.3, 0.4) is 0 Å². The van der Waals surface area contributed by atoms with E-state index in [1.807, 2.05) is 6.92 Å². The first kappa shape index (κ1) is 20.4. The molecule has 1 aliphatic carbocycles. The summed E-state index contributed by atoms with van der Waals surface area (Å²) >= 11 is 0. The van der Waals surface area contributed by atoms with Crippen molar-refractivity contribution in [1.82, 2.24) is 14.7 Å². The number of aryl methyl sites for hydroxylation is 2. The molecule has 8 heteroatoms. The lowest BCUT2D eigenvalue weighted by molar-refractivity contribution is 0.0973. The zero-order valence-corrected chi connectivity index (χ0v) is 16.9. The number of aromatic nitrogens is 2. The van der Waals surface area contributed by atoms with E-state index in [1.165, 1.54) is 18.2 Å². The Kier molecular flexibility index (Phi) is 5.53. The maximum atomic E-state index is 13.9. The van der Waals surface area contributed by atoms with Crippen LogP contribution in [0.15, 0.2) is 30.5 Å². The molecule has 2 unspecified atom stereocenters. The Labute approximate surface area is 173 Å². The quantitative estimate of drug-likeness (QED) is 0.581. The summed E-state index contributed by atoms with van der Waals surface area (Å²) in [5, 5.41) is 3.21. The van der Waals surface area contributed by atoms with E-state index >= 15 is 0 Å². The molecule has 30 heavy (non-hydrogen) atoms. The first-order valence-corrected chi connectivity index (χ1v) is 9.92. The predicted octanol–water partition coefficient (Wildman–Crippen LogP) is 3.07. The summed E-state index contributed by atoms with van der Waals surface area (Å²) in [5.41, 5.74) is 8.05. The van der Waals surface area contributed by atoms with Crippen molar-refractivity contribution in [3.8, 4) is 5.75 Å². The van der Waals surface area contributed by atoms with Crippen LogP contribution in [0, 0.1) is 25.5 Å². The number of hydrogen-bond donors (Lipinski definition) is 2. The van der Waals surface area contributed by atoms with Crippen LogP contribution in [-0.4, -0.2) is 33.8 Å². The Morgan fingerprint density at radius 2 is 2.03 bits per heavy atom. The van der Waals surface area contributed by atoms with Crippen molar-refractivity contribution in [2.75, 3.05) is 6.54 Å². The van der Waals surface area contributed by atoms with Crippen LogP contribution in [0.2, 0.25) is 0 Å². The lowest BCUT2D eigenvalue weighted by Gasteiger charge is -2.34. The molecule has 1 aromatic carbocycles. The molecule has 158 valence electrons. The number of carbonyl (C=O) groups is 1. The standard InChI is InChI=1S/C22H24F2N4O2/c1-12-8-20(30-11-14-15(23)4-3-5-16(14)24)22-27-13(2)21(28(22)10-12)19(29)9-26-18-7-6-17(18)25/h3-5,8,10,17-18,26H,6-7,9,11,25H2,1-2H3. The van der Waals surface area contributed by atoms with Gasteiger partial charge in [-0.25, -0.2) is 13.8 Å². The molecule has 0 bridgehead atoms. The summed E-state index contributed by atoms with van der Waals surface area (Å²) in [5.74, 6) is -1.09. The average molecular weight is 414 g/mol. The zero-order valence-electron chi connectivity index (χ0n) is 16.9. The fourth-order valence-electron chi connectivity index (χ4n) is 3.71. The van der Waals surface area contributed by atoms with Gasteiger partial charge >= 0.3 is 0 Å². The van der Waals surface area contributed by atoms with E-state index in [4.69, 9.17) is 10.5 Å². The van der Waals surface area contributed by atoms with E-state index in [-0.39, 0.29) is 36.6 Å². The predicted molar refractivity (Wildman–Crippen MR) is 109 cm³/mol. The van der Waals surface area contributed by atoms with E-state index in [0.717, 1.165) is 18.4 Å². The number of imidazole rings is 1. The maximum absolute atomic E-state index is 13.9. The van der Waals surface area contributed by atoms with Gasteiger partial charge in [0.1, 0.15) is 23.9 Å². The summed E-state index contributed by atoms with van der Waals surface area (Å²) in [4.78, 5) is 17.4. The number of halogens is 2. The van der Waals surface area contributed by atoms with Gasteiger partial charge in [-0.1, -0.05) is 6.07 Å². The number of nitrogens with one attached hydrogen (secondary N) is 1. The number of Topliss-reactive ketones (excluding diaryl/α,β-unsaturated/α-hetero) is 1. The highest BCUT2D eigenvalue weighted by atomic mass is 19.1. The van der Waals surface area contributed by atoms with E-state index in [1.54, 1.807) is 23.6 Å². The van der Waals surface area contributed by atoms with Crippen LogP contribution in [-0.2, 0) is 6.61 Å². The monoisotopic (exact) mass is 414 g/mol.